The first-order chi connectivity index (χ1) is 16.4. The van der Waals surface area contributed by atoms with Crippen LogP contribution in [0.25, 0.3) is 0 Å². The molecule has 0 heterocycles. The van der Waals surface area contributed by atoms with Gasteiger partial charge in [-0.3, -0.25) is 14.4 Å². The van der Waals surface area contributed by atoms with E-state index in [1.807, 2.05) is 31.2 Å². The zero-order chi connectivity index (χ0) is 24.3. The van der Waals surface area contributed by atoms with Gasteiger partial charge in [-0.1, -0.05) is 24.3 Å². The van der Waals surface area contributed by atoms with Crippen molar-refractivity contribution in [1.82, 2.24) is 5.43 Å². The highest BCUT2D eigenvalue weighted by Gasteiger charge is 2.13. The molecule has 3 aromatic rings. The zero-order valence-electron chi connectivity index (χ0n) is 18.7. The van der Waals surface area contributed by atoms with Crippen molar-refractivity contribution >= 4 is 35.3 Å². The number of benzene rings is 3. The van der Waals surface area contributed by atoms with Crippen molar-refractivity contribution in [2.24, 2.45) is 5.10 Å². The molecule has 0 saturated carbocycles. The van der Waals surface area contributed by atoms with E-state index in [-0.39, 0.29) is 12.5 Å². The van der Waals surface area contributed by atoms with Gasteiger partial charge in [-0.25, -0.2) is 5.43 Å². The van der Waals surface area contributed by atoms with E-state index >= 15 is 0 Å². The number of nitrogens with zero attached hydrogens (tertiary/aromatic N) is 1. The van der Waals surface area contributed by atoms with Gasteiger partial charge in [0.2, 0.25) is 0 Å². The van der Waals surface area contributed by atoms with Crippen LogP contribution in [0.2, 0.25) is 0 Å². The van der Waals surface area contributed by atoms with Crippen LogP contribution in [0.3, 0.4) is 0 Å². The standard InChI is InChI=1S/C25H24N4O5/c1-17-6-3-4-9-22(17)28-23(30)16-34-20-12-10-18(11-13-20)15-26-29-25(32)24(31)27-19-7-5-8-21(14-19)33-2/h3-15H,16H2,1-2H3,(H,27,31)(H,28,30)(H,29,32)/b26-15-. The third-order valence-corrected chi connectivity index (χ3v) is 4.58. The van der Waals surface area contributed by atoms with Crippen molar-refractivity contribution in [3.63, 3.8) is 0 Å². The van der Waals surface area contributed by atoms with Gasteiger partial charge in [0.05, 0.1) is 13.3 Å². The first-order valence-corrected chi connectivity index (χ1v) is 10.3. The Hall–Kier alpha value is -4.66. The molecule has 0 aromatic heterocycles. The first kappa shape index (κ1) is 24.0. The predicted octanol–water partition coefficient (Wildman–Crippen LogP) is 3.11. The third kappa shape index (κ3) is 7.20. The number of hydrogen-bond acceptors (Lipinski definition) is 6. The van der Waals surface area contributed by atoms with Gasteiger partial charge < -0.3 is 20.1 Å². The van der Waals surface area contributed by atoms with Gasteiger partial charge in [0.25, 0.3) is 5.91 Å². The first-order valence-electron chi connectivity index (χ1n) is 10.3. The number of methoxy groups -OCH3 is 1. The van der Waals surface area contributed by atoms with Crippen LogP contribution in [0.4, 0.5) is 11.4 Å². The number of ether oxygens (including phenoxy) is 2. The van der Waals surface area contributed by atoms with Crippen molar-refractivity contribution < 1.29 is 23.9 Å². The monoisotopic (exact) mass is 460 g/mol. The summed E-state index contributed by atoms with van der Waals surface area (Å²) in [6.45, 7) is 1.77. The molecule has 3 amide bonds. The molecule has 34 heavy (non-hydrogen) atoms. The highest BCUT2D eigenvalue weighted by Crippen LogP contribution is 2.17. The molecular weight excluding hydrogens is 436 g/mol. The molecule has 0 fully saturated rings. The SMILES string of the molecule is COc1cccc(NC(=O)C(=O)N/N=C\c2ccc(OCC(=O)Nc3ccccc3C)cc2)c1. The lowest BCUT2D eigenvalue weighted by Gasteiger charge is -2.09. The molecule has 0 aliphatic carbocycles. The molecule has 9 heteroatoms. The number of carbonyl (C=O) groups is 3. The number of nitrogens with one attached hydrogen (secondary N) is 3. The van der Waals surface area contributed by atoms with Crippen molar-refractivity contribution in [3.8, 4) is 11.5 Å². The van der Waals surface area contributed by atoms with Gasteiger partial charge in [-0.15, -0.1) is 0 Å². The quantitative estimate of drug-likeness (QED) is 0.271. The fourth-order valence-corrected chi connectivity index (χ4v) is 2.80. The largest absolute Gasteiger partial charge is 0.497 e. The molecule has 0 atom stereocenters. The Kier molecular flexibility index (Phi) is 8.34. The van der Waals surface area contributed by atoms with E-state index in [9.17, 15) is 14.4 Å². The third-order valence-electron chi connectivity index (χ3n) is 4.58. The molecule has 0 radical (unpaired) electrons. The normalized spacial score (nSPS) is 10.4. The minimum atomic E-state index is -0.918. The summed E-state index contributed by atoms with van der Waals surface area (Å²) in [6.07, 6.45) is 1.38. The van der Waals surface area contributed by atoms with Crippen LogP contribution in [0.15, 0.2) is 77.9 Å². The maximum atomic E-state index is 12.1. The highest BCUT2D eigenvalue weighted by molar-refractivity contribution is 6.39. The van der Waals surface area contributed by atoms with Crippen LogP contribution in [0.1, 0.15) is 11.1 Å². The number of anilines is 2. The van der Waals surface area contributed by atoms with E-state index < -0.39 is 11.8 Å². The average molecular weight is 460 g/mol. The fourth-order valence-electron chi connectivity index (χ4n) is 2.80. The second-order valence-corrected chi connectivity index (χ2v) is 7.11. The molecular formula is C25H24N4O5. The van der Waals surface area contributed by atoms with Crippen LogP contribution < -0.4 is 25.5 Å². The van der Waals surface area contributed by atoms with Crippen LogP contribution in [0.5, 0.6) is 11.5 Å². The van der Waals surface area contributed by atoms with Gasteiger partial charge >= 0.3 is 11.8 Å². The maximum absolute atomic E-state index is 12.1. The number of hydrogen-bond donors (Lipinski definition) is 3. The van der Waals surface area contributed by atoms with Crippen LogP contribution >= 0.6 is 0 Å². The van der Waals surface area contributed by atoms with Gasteiger partial charge in [0.15, 0.2) is 6.61 Å². The predicted molar refractivity (Wildman–Crippen MR) is 129 cm³/mol. The number of para-hydroxylation sites is 1. The molecule has 9 nitrogen and oxygen atoms in total. The average Bonchev–Trinajstić information content (AvgIpc) is 2.85. The summed E-state index contributed by atoms with van der Waals surface area (Å²) in [5, 5.41) is 9.04. The smallest absolute Gasteiger partial charge is 0.329 e. The molecule has 0 unspecified atom stereocenters. The molecule has 0 spiro atoms. The number of carbonyl (C=O) groups excluding carboxylic acids is 3. The topological polar surface area (TPSA) is 118 Å². The van der Waals surface area contributed by atoms with Crippen molar-refractivity contribution in [2.75, 3.05) is 24.4 Å². The Labute approximate surface area is 196 Å². The second-order valence-electron chi connectivity index (χ2n) is 7.11. The molecule has 3 rings (SSSR count). The van der Waals surface area contributed by atoms with E-state index in [1.165, 1.54) is 13.3 Å². The molecule has 0 saturated heterocycles. The molecule has 0 bridgehead atoms. The Morgan fingerprint density at radius 3 is 2.38 bits per heavy atom. The molecule has 3 N–H and O–H groups in total. The minimum absolute atomic E-state index is 0.139. The summed E-state index contributed by atoms with van der Waals surface area (Å²) in [4.78, 5) is 36.0. The summed E-state index contributed by atoms with van der Waals surface area (Å²) < 4.78 is 10.6. The van der Waals surface area contributed by atoms with Gasteiger partial charge in [-0.05, 0) is 60.5 Å². The Morgan fingerprint density at radius 1 is 0.882 bits per heavy atom. The van der Waals surface area contributed by atoms with Gasteiger partial charge in [0.1, 0.15) is 11.5 Å². The van der Waals surface area contributed by atoms with Crippen molar-refractivity contribution in [3.05, 3.63) is 83.9 Å². The lowest BCUT2D eigenvalue weighted by molar-refractivity contribution is -0.136. The Balaban J connectivity index is 1.44. The maximum Gasteiger partial charge on any atom is 0.329 e. The van der Waals surface area contributed by atoms with E-state index in [4.69, 9.17) is 9.47 Å². The summed E-state index contributed by atoms with van der Waals surface area (Å²) in [5.74, 6) is -0.999. The number of aryl methyl sites for hydroxylation is 1. The summed E-state index contributed by atoms with van der Waals surface area (Å²) >= 11 is 0. The number of amides is 3. The summed E-state index contributed by atoms with van der Waals surface area (Å²) in [6, 6.07) is 20.8. The summed E-state index contributed by atoms with van der Waals surface area (Å²) in [7, 11) is 1.50. The fraction of sp³-hybridized carbons (Fsp3) is 0.120. The minimum Gasteiger partial charge on any atom is -0.497 e. The van der Waals surface area contributed by atoms with Gasteiger partial charge in [-0.2, -0.15) is 5.10 Å². The van der Waals surface area contributed by atoms with Crippen molar-refractivity contribution in [1.29, 1.82) is 0 Å². The lowest BCUT2D eigenvalue weighted by Crippen LogP contribution is -2.32. The van der Waals surface area contributed by atoms with E-state index in [0.717, 1.165) is 11.3 Å². The lowest BCUT2D eigenvalue weighted by atomic mass is 10.2. The molecule has 3 aromatic carbocycles. The molecule has 0 aliphatic heterocycles. The number of rotatable bonds is 8. The van der Waals surface area contributed by atoms with Crippen LogP contribution in [0, 0.1) is 6.92 Å². The van der Waals surface area contributed by atoms with Crippen LogP contribution in [-0.2, 0) is 14.4 Å². The van der Waals surface area contributed by atoms with Crippen LogP contribution in [-0.4, -0.2) is 37.7 Å². The summed E-state index contributed by atoms with van der Waals surface area (Å²) in [5.41, 5.74) is 4.95. The van der Waals surface area contributed by atoms with Gasteiger partial charge in [0, 0.05) is 17.4 Å². The zero-order valence-corrected chi connectivity index (χ0v) is 18.7. The van der Waals surface area contributed by atoms with E-state index in [2.05, 4.69) is 21.2 Å². The highest BCUT2D eigenvalue weighted by atomic mass is 16.5. The number of hydrazone groups is 1. The Morgan fingerprint density at radius 2 is 1.65 bits per heavy atom. The molecule has 0 aliphatic rings. The Bertz CT molecular complexity index is 1190. The second kappa shape index (κ2) is 11.8. The van der Waals surface area contributed by atoms with E-state index in [1.54, 1.807) is 48.5 Å². The van der Waals surface area contributed by atoms with E-state index in [0.29, 0.717) is 22.7 Å². The van der Waals surface area contributed by atoms with Crippen molar-refractivity contribution in [2.45, 2.75) is 6.92 Å². The molecule has 174 valence electrons.